The molecule has 0 unspecified atom stereocenters. The fourth-order valence-corrected chi connectivity index (χ4v) is 0. The van der Waals surface area contributed by atoms with Crippen LogP contribution in [-0.4, -0.2) is 58.0 Å². The number of rotatable bonds is 0. The standard InChI is InChI=1S/4C2H2O4.2Yb/c4*3-1(4)2(5)6;;/h4*(H,3,4)(H,5,6);;/q;;;;2*+3/p-6. The molecular formula is C8H2O16Yb2. The van der Waals surface area contributed by atoms with Gasteiger partial charge in [0.2, 0.25) is 0 Å². The summed E-state index contributed by atoms with van der Waals surface area (Å²) in [4.78, 5) is 71.8. The van der Waals surface area contributed by atoms with E-state index in [9.17, 15) is 0 Å². The Morgan fingerprint density at radius 1 is 0.385 bits per heavy atom. The maximum Gasteiger partial charge on any atom is 3.00 e. The summed E-state index contributed by atoms with van der Waals surface area (Å²) in [6.07, 6.45) is 0. The third kappa shape index (κ3) is 49.5. The zero-order chi connectivity index (χ0) is 20.6. The van der Waals surface area contributed by atoms with Gasteiger partial charge >= 0.3 is 106 Å². The van der Waals surface area contributed by atoms with Crippen LogP contribution in [0.4, 0.5) is 0 Å². The minimum absolute atomic E-state index is 0. The summed E-state index contributed by atoms with van der Waals surface area (Å²) in [6.45, 7) is 0. The molecule has 0 aliphatic carbocycles. The summed E-state index contributed by atoms with van der Waals surface area (Å²) >= 11 is 0. The van der Waals surface area contributed by atoms with Gasteiger partial charge in [0.1, 0.15) is 0 Å². The van der Waals surface area contributed by atoms with Crippen molar-refractivity contribution in [3.8, 4) is 0 Å². The van der Waals surface area contributed by atoms with Crippen LogP contribution < -0.4 is 30.6 Å². The Hall–Kier alpha value is -1.20. The van der Waals surface area contributed by atoms with Gasteiger partial charge < -0.3 is 69.6 Å². The van der Waals surface area contributed by atoms with E-state index in [1.807, 2.05) is 0 Å². The van der Waals surface area contributed by atoms with Crippen LogP contribution in [0, 0.1) is 93.8 Å². The van der Waals surface area contributed by atoms with E-state index in [1.165, 1.54) is 0 Å². The molecule has 2 radical (unpaired) electrons. The second-order valence-electron chi connectivity index (χ2n) is 2.34. The van der Waals surface area contributed by atoms with Crippen LogP contribution in [0.15, 0.2) is 0 Å². The molecule has 18 heteroatoms. The molecule has 0 spiro atoms. The predicted octanol–water partition coefficient (Wildman–Crippen LogP) is -11.4. The number of carbonyl (C=O) groups is 8. The minimum Gasteiger partial charge on any atom is -0.543 e. The number of hydrogen-bond acceptors (Lipinski definition) is 14. The molecule has 0 aliphatic rings. The Bertz CT molecular complexity index is 392. The zero-order valence-electron chi connectivity index (χ0n) is 11.1. The van der Waals surface area contributed by atoms with Gasteiger partial charge in [0, 0.05) is 0 Å². The molecule has 2 N–H and O–H groups in total. The molecule has 0 bridgehead atoms. The first-order valence-electron chi connectivity index (χ1n) is 4.30. The van der Waals surface area contributed by atoms with Crippen molar-refractivity contribution in [1.82, 2.24) is 0 Å². The first kappa shape index (κ1) is 39.7. The summed E-state index contributed by atoms with van der Waals surface area (Å²) in [5, 5.41) is 68.3. The zero-order valence-corrected chi connectivity index (χ0v) is 14.6. The molecular weight excluding hydrogens is 698 g/mol. The molecule has 0 aromatic heterocycles. The fraction of sp³-hybridized carbons (Fsp3) is 0. The van der Waals surface area contributed by atoms with E-state index in [1.54, 1.807) is 0 Å². The Morgan fingerprint density at radius 3 is 0.462 bits per heavy atom. The van der Waals surface area contributed by atoms with Gasteiger partial charge in [0.05, 0.1) is 35.8 Å². The number of aliphatic carboxylic acids is 8. The van der Waals surface area contributed by atoms with Gasteiger partial charge in [-0.05, 0) is 0 Å². The smallest absolute Gasteiger partial charge is 0.543 e. The number of carbonyl (C=O) groups excluding carboxylic acids is 6. The van der Waals surface area contributed by atoms with Crippen LogP contribution in [0.2, 0.25) is 0 Å². The van der Waals surface area contributed by atoms with Crippen molar-refractivity contribution in [3.63, 3.8) is 0 Å². The van der Waals surface area contributed by atoms with Crippen LogP contribution >= 0.6 is 0 Å². The summed E-state index contributed by atoms with van der Waals surface area (Å²) in [5.74, 6) is -16.8. The number of hydrogen-bond donors (Lipinski definition) is 2. The number of carboxylic acids is 8. The molecule has 26 heavy (non-hydrogen) atoms. The van der Waals surface area contributed by atoms with Gasteiger partial charge in [-0.15, -0.1) is 0 Å². The van der Waals surface area contributed by atoms with E-state index in [4.69, 9.17) is 79.2 Å². The average Bonchev–Trinajstić information content (AvgIpc) is 2.40. The quantitative estimate of drug-likeness (QED) is 0.222. The molecule has 158 valence electrons. The van der Waals surface area contributed by atoms with Gasteiger partial charge in [0.25, 0.3) is 0 Å². The molecule has 0 aliphatic heterocycles. The summed E-state index contributed by atoms with van der Waals surface area (Å²) in [5.41, 5.74) is 0. The van der Waals surface area contributed by atoms with Gasteiger partial charge in [-0.2, -0.15) is 0 Å². The first-order chi connectivity index (χ1) is 10.6. The third-order valence-electron chi connectivity index (χ3n) is 0.683. The largest absolute Gasteiger partial charge is 3.00 e. The Balaban J connectivity index is -0.0000000500. The summed E-state index contributed by atoms with van der Waals surface area (Å²) in [6, 6.07) is 0. The van der Waals surface area contributed by atoms with Crippen molar-refractivity contribution in [2.24, 2.45) is 0 Å². The van der Waals surface area contributed by atoms with Crippen molar-refractivity contribution in [2.45, 2.75) is 0 Å². The summed E-state index contributed by atoms with van der Waals surface area (Å²) < 4.78 is 0. The minimum atomic E-state index is -2.19. The van der Waals surface area contributed by atoms with Gasteiger partial charge in [-0.3, -0.25) is 0 Å². The maximum absolute atomic E-state index is 9.10. The van der Waals surface area contributed by atoms with Crippen LogP contribution in [0.25, 0.3) is 0 Å². The van der Waals surface area contributed by atoms with Crippen LogP contribution in [0.3, 0.4) is 0 Å². The van der Waals surface area contributed by atoms with Crippen molar-refractivity contribution < 1.29 is 173 Å². The molecule has 0 amide bonds. The number of carboxylic acid groups (broad SMARTS) is 8. The maximum atomic E-state index is 9.10. The molecule has 0 saturated heterocycles. The van der Waals surface area contributed by atoms with Crippen molar-refractivity contribution in [1.29, 1.82) is 0 Å². The van der Waals surface area contributed by atoms with Crippen LogP contribution in [0.5, 0.6) is 0 Å². The van der Waals surface area contributed by atoms with E-state index < -0.39 is 47.8 Å². The molecule has 0 fully saturated rings. The van der Waals surface area contributed by atoms with E-state index in [0.717, 1.165) is 0 Å². The molecule has 0 saturated carbocycles. The van der Waals surface area contributed by atoms with Crippen molar-refractivity contribution >= 4 is 47.8 Å². The SMILES string of the molecule is O=C(O)C(=O)O.O=C([O-])C(=O)[O-].O=C([O-])C(=O)[O-].O=C([O-])C(=O)[O-].[Yb+3].[Yb+3]. The first-order valence-corrected chi connectivity index (χ1v) is 4.30. The van der Waals surface area contributed by atoms with Crippen molar-refractivity contribution in [2.75, 3.05) is 0 Å². The van der Waals surface area contributed by atoms with Crippen LogP contribution in [-0.2, 0) is 38.4 Å². The van der Waals surface area contributed by atoms with E-state index in [0.29, 0.717) is 0 Å². The van der Waals surface area contributed by atoms with Crippen LogP contribution in [0.1, 0.15) is 0 Å². The monoisotopic (exact) mass is 702 g/mol. The molecule has 0 rings (SSSR count). The summed E-state index contributed by atoms with van der Waals surface area (Å²) in [7, 11) is 0. The fourth-order valence-electron chi connectivity index (χ4n) is 0. The molecule has 0 aromatic carbocycles. The average molecular weight is 700 g/mol. The predicted molar refractivity (Wildman–Crippen MR) is 45.3 cm³/mol. The normalized spacial score (nSPS) is 6.77. The van der Waals surface area contributed by atoms with E-state index >= 15 is 0 Å². The molecule has 0 atom stereocenters. The van der Waals surface area contributed by atoms with Gasteiger partial charge in [-0.25, -0.2) is 9.59 Å². The Labute approximate surface area is 217 Å². The van der Waals surface area contributed by atoms with Gasteiger partial charge in [-0.1, -0.05) is 0 Å². The molecule has 0 heterocycles. The van der Waals surface area contributed by atoms with E-state index in [2.05, 4.69) is 0 Å². The topological polar surface area (TPSA) is 315 Å². The molecule has 16 nitrogen and oxygen atoms in total. The Kier molecular flexibility index (Phi) is 36.4. The van der Waals surface area contributed by atoms with Crippen molar-refractivity contribution in [3.05, 3.63) is 0 Å². The Morgan fingerprint density at radius 2 is 0.462 bits per heavy atom. The second-order valence-corrected chi connectivity index (χ2v) is 2.34. The van der Waals surface area contributed by atoms with Gasteiger partial charge in [0.15, 0.2) is 0 Å². The molecule has 0 aromatic rings. The third-order valence-corrected chi connectivity index (χ3v) is 0.683. The second kappa shape index (κ2) is 23.8. The van der Waals surface area contributed by atoms with E-state index in [-0.39, 0.29) is 93.8 Å².